The van der Waals surface area contributed by atoms with Crippen LogP contribution in [0.3, 0.4) is 0 Å². The van der Waals surface area contributed by atoms with Crippen LogP contribution in [0.2, 0.25) is 0 Å². The number of rotatable bonds is 11. The lowest BCUT2D eigenvalue weighted by Gasteiger charge is -2.16. The lowest BCUT2D eigenvalue weighted by atomic mass is 10.0. The van der Waals surface area contributed by atoms with Gasteiger partial charge in [-0.2, -0.15) is 0 Å². The Morgan fingerprint density at radius 3 is 2.62 bits per heavy atom. The molecule has 0 heterocycles. The van der Waals surface area contributed by atoms with Gasteiger partial charge in [-0.25, -0.2) is 0 Å². The number of hydrogen-bond acceptors (Lipinski definition) is 6. The molecule has 1 rings (SSSR count). The monoisotopic (exact) mass is 299 g/mol. The Morgan fingerprint density at radius 2 is 1.95 bits per heavy atom. The summed E-state index contributed by atoms with van der Waals surface area (Å²) < 4.78 is 15.6. The molecule has 0 aliphatic rings. The summed E-state index contributed by atoms with van der Waals surface area (Å²) in [5, 5.41) is 22.0. The van der Waals surface area contributed by atoms with E-state index in [9.17, 15) is 5.11 Å². The lowest BCUT2D eigenvalue weighted by Crippen LogP contribution is -2.23. The van der Waals surface area contributed by atoms with E-state index in [0.29, 0.717) is 44.2 Å². The van der Waals surface area contributed by atoms with Crippen LogP contribution in [0.15, 0.2) is 18.2 Å². The first kappa shape index (κ1) is 17.7. The molecule has 1 aromatic carbocycles. The Labute approximate surface area is 125 Å². The van der Waals surface area contributed by atoms with Crippen molar-refractivity contribution in [1.82, 2.24) is 5.32 Å². The van der Waals surface area contributed by atoms with Gasteiger partial charge in [-0.05, 0) is 31.2 Å². The van der Waals surface area contributed by atoms with Crippen LogP contribution < -0.4 is 14.8 Å². The van der Waals surface area contributed by atoms with E-state index in [4.69, 9.17) is 19.3 Å². The van der Waals surface area contributed by atoms with Gasteiger partial charge < -0.3 is 29.7 Å². The zero-order valence-corrected chi connectivity index (χ0v) is 12.7. The summed E-state index contributed by atoms with van der Waals surface area (Å²) in [5.74, 6) is 1.34. The van der Waals surface area contributed by atoms with Crippen molar-refractivity contribution < 1.29 is 24.4 Å². The number of methoxy groups -OCH3 is 2. The number of aliphatic hydroxyl groups is 2. The van der Waals surface area contributed by atoms with Gasteiger partial charge in [0.25, 0.3) is 0 Å². The molecular weight excluding hydrogens is 274 g/mol. The normalized spacial score (nSPS) is 12.2. The highest BCUT2D eigenvalue weighted by atomic mass is 16.5. The highest BCUT2D eigenvalue weighted by Crippen LogP contribution is 2.30. The molecule has 0 aliphatic carbocycles. The Balaban J connectivity index is 2.38. The molecule has 120 valence electrons. The molecule has 6 heteroatoms. The second-order valence-corrected chi connectivity index (χ2v) is 4.50. The molecule has 0 spiro atoms. The Morgan fingerprint density at radius 1 is 1.14 bits per heavy atom. The van der Waals surface area contributed by atoms with E-state index in [2.05, 4.69) is 5.32 Å². The van der Waals surface area contributed by atoms with Crippen LogP contribution in [0.1, 0.15) is 18.1 Å². The summed E-state index contributed by atoms with van der Waals surface area (Å²) in [4.78, 5) is 0. The van der Waals surface area contributed by atoms with Crippen LogP contribution in [0.25, 0.3) is 0 Å². The molecule has 0 aromatic heterocycles. The molecule has 0 saturated heterocycles. The van der Waals surface area contributed by atoms with E-state index >= 15 is 0 Å². The van der Waals surface area contributed by atoms with Crippen molar-refractivity contribution in [1.29, 1.82) is 0 Å². The standard InChI is InChI=1S/C15H25NO5/c1-19-12-3-4-15(20-2)13(11-12)14(18)5-6-16-7-9-21-10-8-17/h3-4,11,14,16-18H,5-10H2,1-2H3. The van der Waals surface area contributed by atoms with Crippen LogP contribution in [0, 0.1) is 0 Å². The molecule has 0 fully saturated rings. The molecule has 6 nitrogen and oxygen atoms in total. The predicted molar refractivity (Wildman–Crippen MR) is 79.9 cm³/mol. The summed E-state index contributed by atoms with van der Waals surface area (Å²) >= 11 is 0. The van der Waals surface area contributed by atoms with Crippen molar-refractivity contribution in [2.45, 2.75) is 12.5 Å². The van der Waals surface area contributed by atoms with Crippen molar-refractivity contribution in [3.05, 3.63) is 23.8 Å². The minimum Gasteiger partial charge on any atom is -0.497 e. The molecular formula is C15H25NO5. The van der Waals surface area contributed by atoms with E-state index < -0.39 is 6.10 Å². The molecule has 0 amide bonds. The van der Waals surface area contributed by atoms with E-state index in [1.54, 1.807) is 32.4 Å². The molecule has 1 unspecified atom stereocenters. The topological polar surface area (TPSA) is 80.2 Å². The van der Waals surface area contributed by atoms with Gasteiger partial charge in [0.05, 0.1) is 40.1 Å². The smallest absolute Gasteiger partial charge is 0.124 e. The predicted octanol–water partition coefficient (Wildman–Crippen LogP) is 0.726. The molecule has 0 bridgehead atoms. The van der Waals surface area contributed by atoms with Gasteiger partial charge in [0.2, 0.25) is 0 Å². The first-order chi connectivity index (χ1) is 10.2. The second kappa shape index (κ2) is 10.4. The van der Waals surface area contributed by atoms with Crippen molar-refractivity contribution in [3.63, 3.8) is 0 Å². The van der Waals surface area contributed by atoms with E-state index in [1.165, 1.54) is 0 Å². The quantitative estimate of drug-likeness (QED) is 0.523. The van der Waals surface area contributed by atoms with Crippen LogP contribution in [0.4, 0.5) is 0 Å². The third-order valence-electron chi connectivity index (χ3n) is 3.05. The maximum absolute atomic E-state index is 10.3. The van der Waals surface area contributed by atoms with Crippen LogP contribution >= 0.6 is 0 Å². The van der Waals surface area contributed by atoms with Crippen molar-refractivity contribution >= 4 is 0 Å². The Bertz CT molecular complexity index is 400. The van der Waals surface area contributed by atoms with E-state index in [-0.39, 0.29) is 6.61 Å². The highest BCUT2D eigenvalue weighted by molar-refractivity contribution is 5.41. The van der Waals surface area contributed by atoms with Crippen LogP contribution in [-0.2, 0) is 4.74 Å². The molecule has 3 N–H and O–H groups in total. The lowest BCUT2D eigenvalue weighted by molar-refractivity contribution is 0.0929. The fraction of sp³-hybridized carbons (Fsp3) is 0.600. The van der Waals surface area contributed by atoms with Crippen LogP contribution in [-0.4, -0.2) is 57.3 Å². The summed E-state index contributed by atoms with van der Waals surface area (Å²) in [6.07, 6.45) is -0.0651. The molecule has 21 heavy (non-hydrogen) atoms. The van der Waals surface area contributed by atoms with Gasteiger partial charge in [-0.15, -0.1) is 0 Å². The molecule has 0 aliphatic heterocycles. The highest BCUT2D eigenvalue weighted by Gasteiger charge is 2.14. The zero-order chi connectivity index (χ0) is 15.5. The summed E-state index contributed by atoms with van der Waals surface area (Å²) in [5.41, 5.74) is 0.718. The fourth-order valence-corrected chi connectivity index (χ4v) is 1.93. The van der Waals surface area contributed by atoms with Crippen molar-refractivity contribution in [3.8, 4) is 11.5 Å². The number of nitrogens with one attached hydrogen (secondary N) is 1. The number of hydrogen-bond donors (Lipinski definition) is 3. The summed E-state index contributed by atoms with van der Waals surface area (Å²) in [6, 6.07) is 5.37. The summed E-state index contributed by atoms with van der Waals surface area (Å²) in [6.45, 7) is 2.27. The number of benzene rings is 1. The minimum absolute atomic E-state index is 0.0361. The SMILES string of the molecule is COc1ccc(OC)c(C(O)CCNCCOCCO)c1. The van der Waals surface area contributed by atoms with Crippen molar-refractivity contribution in [2.24, 2.45) is 0 Å². The molecule has 1 aromatic rings. The maximum Gasteiger partial charge on any atom is 0.124 e. The number of aliphatic hydroxyl groups excluding tert-OH is 2. The first-order valence-electron chi connectivity index (χ1n) is 7.02. The molecule has 0 radical (unpaired) electrons. The van der Waals surface area contributed by atoms with E-state index in [0.717, 1.165) is 5.56 Å². The number of ether oxygens (including phenoxy) is 3. The van der Waals surface area contributed by atoms with Gasteiger partial charge >= 0.3 is 0 Å². The third kappa shape index (κ3) is 6.31. The summed E-state index contributed by atoms with van der Waals surface area (Å²) in [7, 11) is 3.17. The average molecular weight is 299 g/mol. The van der Waals surface area contributed by atoms with Crippen molar-refractivity contribution in [2.75, 3.05) is 47.1 Å². The van der Waals surface area contributed by atoms with Gasteiger partial charge in [0, 0.05) is 12.1 Å². The Hall–Kier alpha value is -1.34. The fourth-order valence-electron chi connectivity index (χ4n) is 1.93. The molecule has 1 atom stereocenters. The first-order valence-corrected chi connectivity index (χ1v) is 7.02. The second-order valence-electron chi connectivity index (χ2n) is 4.50. The largest absolute Gasteiger partial charge is 0.497 e. The van der Waals surface area contributed by atoms with Gasteiger partial charge in [-0.3, -0.25) is 0 Å². The van der Waals surface area contributed by atoms with E-state index in [1.807, 2.05) is 0 Å². The van der Waals surface area contributed by atoms with Gasteiger partial charge in [-0.1, -0.05) is 0 Å². The third-order valence-corrected chi connectivity index (χ3v) is 3.05. The van der Waals surface area contributed by atoms with Crippen LogP contribution in [0.5, 0.6) is 11.5 Å². The Kier molecular flexibility index (Phi) is 8.77. The average Bonchev–Trinajstić information content (AvgIpc) is 2.53. The zero-order valence-electron chi connectivity index (χ0n) is 12.7. The minimum atomic E-state index is -0.624. The van der Waals surface area contributed by atoms with Gasteiger partial charge in [0.1, 0.15) is 11.5 Å². The van der Waals surface area contributed by atoms with Gasteiger partial charge in [0.15, 0.2) is 0 Å². The molecule has 0 saturated carbocycles. The maximum atomic E-state index is 10.3.